The summed E-state index contributed by atoms with van der Waals surface area (Å²) in [7, 11) is 0. The van der Waals surface area contributed by atoms with E-state index in [1.807, 2.05) is 0 Å². The Morgan fingerprint density at radius 1 is 0.364 bits per heavy atom. The van der Waals surface area contributed by atoms with E-state index in [-0.39, 0.29) is 0 Å². The summed E-state index contributed by atoms with van der Waals surface area (Å²) < 4.78 is 0. The van der Waals surface area contributed by atoms with Gasteiger partial charge in [-0.25, -0.2) is 0 Å². The molecule has 1 aliphatic heterocycles. The summed E-state index contributed by atoms with van der Waals surface area (Å²) in [5, 5.41) is 5.10. The molecule has 0 radical (unpaired) electrons. The van der Waals surface area contributed by atoms with Crippen molar-refractivity contribution in [1.29, 1.82) is 0 Å². The van der Waals surface area contributed by atoms with Crippen molar-refractivity contribution >= 4 is 50.0 Å². The first kappa shape index (κ1) is 31.5. The van der Waals surface area contributed by atoms with Crippen molar-refractivity contribution < 1.29 is 0 Å². The fourth-order valence-electron chi connectivity index (χ4n) is 8.77. The second kappa shape index (κ2) is 12.8. The van der Waals surface area contributed by atoms with Crippen LogP contribution >= 0.6 is 0 Å². The first-order chi connectivity index (χ1) is 27.2. The predicted molar refractivity (Wildman–Crippen MR) is 232 cm³/mol. The summed E-state index contributed by atoms with van der Waals surface area (Å²) in [6, 6.07) is 70.8. The molecule has 9 aromatic rings. The molecule has 0 atom stereocenters. The highest BCUT2D eigenvalue weighted by Gasteiger charge is 2.26. The van der Waals surface area contributed by atoms with Gasteiger partial charge in [0, 0.05) is 29.0 Å². The van der Waals surface area contributed by atoms with E-state index in [0.717, 1.165) is 41.3 Å². The van der Waals surface area contributed by atoms with E-state index in [2.05, 4.69) is 199 Å². The van der Waals surface area contributed by atoms with Crippen LogP contribution in [0.3, 0.4) is 0 Å². The molecule has 0 bridgehead atoms. The fourth-order valence-corrected chi connectivity index (χ4v) is 8.77. The van der Waals surface area contributed by atoms with Gasteiger partial charge >= 0.3 is 0 Å². The molecule has 0 aromatic heterocycles. The van der Waals surface area contributed by atoms with Crippen LogP contribution in [-0.4, -0.2) is 5.71 Å². The zero-order chi connectivity index (χ0) is 36.3. The monoisotopic (exact) mass is 700 g/mol. The molecule has 0 saturated carbocycles. The number of benzene rings is 9. The Kier molecular flexibility index (Phi) is 7.34. The minimum atomic E-state index is 0.833. The summed E-state index contributed by atoms with van der Waals surface area (Å²) in [5.41, 5.74) is 18.4. The van der Waals surface area contributed by atoms with Gasteiger partial charge < -0.3 is 4.90 Å². The van der Waals surface area contributed by atoms with Gasteiger partial charge in [0.15, 0.2) is 0 Å². The lowest BCUT2D eigenvalue weighted by Gasteiger charge is -2.26. The Morgan fingerprint density at radius 3 is 1.80 bits per heavy atom. The quantitative estimate of drug-likeness (QED) is 0.169. The molecule has 9 aromatic carbocycles. The maximum Gasteiger partial charge on any atom is 0.0669 e. The summed E-state index contributed by atoms with van der Waals surface area (Å²) in [4.78, 5) is 7.60. The molecule has 0 fully saturated rings. The normalized spacial score (nSPS) is 12.7. The van der Waals surface area contributed by atoms with Crippen molar-refractivity contribution in [2.45, 2.75) is 12.8 Å². The third-order valence-electron chi connectivity index (χ3n) is 11.5. The Bertz CT molecular complexity index is 2960. The van der Waals surface area contributed by atoms with E-state index in [1.54, 1.807) is 0 Å². The van der Waals surface area contributed by atoms with E-state index < -0.39 is 0 Å². The number of aliphatic imine (C=N–C) groups is 1. The molecule has 1 heterocycles. The van der Waals surface area contributed by atoms with Crippen LogP contribution in [0, 0.1) is 0 Å². The van der Waals surface area contributed by atoms with Crippen molar-refractivity contribution in [1.82, 2.24) is 0 Å². The molecular weight excluding hydrogens is 665 g/mol. The smallest absolute Gasteiger partial charge is 0.0669 e. The van der Waals surface area contributed by atoms with Crippen LogP contribution in [-0.2, 0) is 12.8 Å². The van der Waals surface area contributed by atoms with Gasteiger partial charge in [-0.05, 0) is 133 Å². The Balaban J connectivity index is 1.03. The van der Waals surface area contributed by atoms with E-state index in [1.165, 1.54) is 77.2 Å². The molecule has 0 N–H and O–H groups in total. The number of rotatable bonds is 6. The Morgan fingerprint density at radius 2 is 1.00 bits per heavy atom. The van der Waals surface area contributed by atoms with Crippen LogP contribution in [0.15, 0.2) is 199 Å². The van der Waals surface area contributed by atoms with Gasteiger partial charge in [0.05, 0.1) is 11.4 Å². The first-order valence-corrected chi connectivity index (χ1v) is 19.1. The fraction of sp³-hybridized carbons (Fsp3) is 0.0377. The van der Waals surface area contributed by atoms with E-state index in [9.17, 15) is 0 Å². The maximum absolute atomic E-state index is 5.23. The third kappa shape index (κ3) is 5.45. The molecule has 0 amide bonds. The number of para-hydroxylation sites is 1. The van der Waals surface area contributed by atoms with Gasteiger partial charge in [-0.15, -0.1) is 0 Å². The molecule has 55 heavy (non-hydrogen) atoms. The lowest BCUT2D eigenvalue weighted by molar-refractivity contribution is 1.28. The van der Waals surface area contributed by atoms with E-state index in [4.69, 9.17) is 4.99 Å². The van der Waals surface area contributed by atoms with Crippen LogP contribution in [0.5, 0.6) is 0 Å². The highest BCUT2D eigenvalue weighted by molar-refractivity contribution is 6.12. The molecular formula is C53H36N2. The topological polar surface area (TPSA) is 15.6 Å². The van der Waals surface area contributed by atoms with Gasteiger partial charge in [-0.2, -0.15) is 0 Å². The summed E-state index contributed by atoms with van der Waals surface area (Å²) in [6.45, 7) is 0. The van der Waals surface area contributed by atoms with Crippen molar-refractivity contribution in [3.63, 3.8) is 0 Å². The molecule has 0 saturated heterocycles. The number of fused-ring (bicyclic) bond motifs is 7. The Labute approximate surface area is 321 Å². The average molecular weight is 701 g/mol. The van der Waals surface area contributed by atoms with Gasteiger partial charge in [0.2, 0.25) is 0 Å². The largest absolute Gasteiger partial charge is 0.310 e. The molecule has 2 heteroatoms. The van der Waals surface area contributed by atoms with E-state index in [0.29, 0.717) is 0 Å². The summed E-state index contributed by atoms with van der Waals surface area (Å²) in [6.07, 6.45) is 1.76. The van der Waals surface area contributed by atoms with Crippen LogP contribution in [0.2, 0.25) is 0 Å². The Hall–Kier alpha value is -7.03. The van der Waals surface area contributed by atoms with Crippen molar-refractivity contribution in [3.05, 3.63) is 216 Å². The van der Waals surface area contributed by atoms with Crippen molar-refractivity contribution in [3.8, 4) is 33.4 Å². The molecule has 2 nitrogen and oxygen atoms in total. The summed E-state index contributed by atoms with van der Waals surface area (Å²) >= 11 is 0. The maximum atomic E-state index is 5.23. The predicted octanol–water partition coefficient (Wildman–Crippen LogP) is 14.0. The number of hydrogen-bond acceptors (Lipinski definition) is 2. The van der Waals surface area contributed by atoms with Crippen LogP contribution in [0.4, 0.5) is 22.7 Å². The zero-order valence-corrected chi connectivity index (χ0v) is 30.3. The van der Waals surface area contributed by atoms with Gasteiger partial charge in [-0.3, -0.25) is 4.99 Å². The van der Waals surface area contributed by atoms with E-state index >= 15 is 0 Å². The van der Waals surface area contributed by atoms with Crippen LogP contribution in [0.1, 0.15) is 22.3 Å². The molecule has 11 rings (SSSR count). The van der Waals surface area contributed by atoms with Crippen molar-refractivity contribution in [2.75, 3.05) is 4.90 Å². The summed E-state index contributed by atoms with van der Waals surface area (Å²) in [5.74, 6) is 0. The highest BCUT2D eigenvalue weighted by atomic mass is 15.1. The molecule has 0 spiro atoms. The van der Waals surface area contributed by atoms with Crippen LogP contribution < -0.4 is 4.90 Å². The number of nitrogens with zero attached hydrogens (tertiary/aromatic N) is 2. The number of hydrogen-bond donors (Lipinski definition) is 0. The highest BCUT2D eigenvalue weighted by Crippen LogP contribution is 2.45. The van der Waals surface area contributed by atoms with Gasteiger partial charge in [0.1, 0.15) is 0 Å². The first-order valence-electron chi connectivity index (χ1n) is 19.1. The molecule has 258 valence electrons. The molecule has 2 aliphatic rings. The standard InChI is InChI=1S/C53H36N2/c1-2-10-35(11-3-1)37-18-24-43(25-19-37)55(45-28-20-36-12-4-5-14-40(36)30-45)44-26-21-39(22-27-44)48-31-42-32-50-46-16-8-6-13-38(46)23-29-47(50)49(42)34-51(48)53-33-41-15-7-9-17-52(41)54-53/h1-31,34H,32-33H2. The lowest BCUT2D eigenvalue weighted by Crippen LogP contribution is -2.10. The minimum Gasteiger partial charge on any atom is -0.310 e. The SMILES string of the molecule is c1ccc(-c2ccc(N(c3ccc(-c4cc5c(cc4C4=Nc6ccccc6C4)-c4ccc6ccccc6c4C5)cc3)c3ccc4ccccc4c3)cc2)cc1. The average Bonchev–Trinajstić information content (AvgIpc) is 3.86. The van der Waals surface area contributed by atoms with Crippen molar-refractivity contribution in [2.24, 2.45) is 4.99 Å². The van der Waals surface area contributed by atoms with Gasteiger partial charge in [0.25, 0.3) is 0 Å². The van der Waals surface area contributed by atoms with Gasteiger partial charge in [-0.1, -0.05) is 140 Å². The lowest BCUT2D eigenvalue weighted by atomic mass is 9.90. The second-order valence-electron chi connectivity index (χ2n) is 14.7. The zero-order valence-electron chi connectivity index (χ0n) is 30.3. The molecule has 1 aliphatic carbocycles. The third-order valence-corrected chi connectivity index (χ3v) is 11.5. The van der Waals surface area contributed by atoms with Crippen LogP contribution in [0.25, 0.3) is 54.9 Å². The number of anilines is 3. The second-order valence-corrected chi connectivity index (χ2v) is 14.7. The molecule has 0 unspecified atom stereocenters. The minimum absolute atomic E-state index is 0.833.